The summed E-state index contributed by atoms with van der Waals surface area (Å²) in [4.78, 5) is 13.7. The Morgan fingerprint density at radius 3 is 2.27 bits per heavy atom. The molecule has 0 unspecified atom stereocenters. The SMILES string of the molecule is CC(C)c1nc(C(F)(F)F)oc1C(=O)O. The van der Waals surface area contributed by atoms with Gasteiger partial charge in [0.15, 0.2) is 0 Å². The molecule has 0 atom stereocenters. The van der Waals surface area contributed by atoms with Gasteiger partial charge in [-0.2, -0.15) is 13.2 Å². The molecule has 0 radical (unpaired) electrons. The fourth-order valence-corrected chi connectivity index (χ4v) is 0.998. The Morgan fingerprint density at radius 2 is 2.00 bits per heavy atom. The van der Waals surface area contributed by atoms with Crippen LogP contribution in [0.5, 0.6) is 0 Å². The predicted molar refractivity (Wildman–Crippen MR) is 42.6 cm³/mol. The summed E-state index contributed by atoms with van der Waals surface area (Å²) in [6, 6.07) is 0. The number of oxazole rings is 1. The van der Waals surface area contributed by atoms with Gasteiger partial charge < -0.3 is 9.52 Å². The quantitative estimate of drug-likeness (QED) is 0.836. The van der Waals surface area contributed by atoms with E-state index in [-0.39, 0.29) is 5.69 Å². The van der Waals surface area contributed by atoms with E-state index in [1.54, 1.807) is 0 Å². The number of aromatic carboxylic acids is 1. The molecule has 15 heavy (non-hydrogen) atoms. The van der Waals surface area contributed by atoms with Crippen molar-refractivity contribution < 1.29 is 27.5 Å². The van der Waals surface area contributed by atoms with Crippen LogP contribution in [0, 0.1) is 0 Å². The van der Waals surface area contributed by atoms with Gasteiger partial charge in [0.25, 0.3) is 0 Å². The highest BCUT2D eigenvalue weighted by atomic mass is 19.4. The number of carboxylic acids is 1. The second-order valence-electron chi connectivity index (χ2n) is 3.19. The number of carbonyl (C=O) groups is 1. The van der Waals surface area contributed by atoms with Crippen LogP contribution in [0.15, 0.2) is 4.42 Å². The van der Waals surface area contributed by atoms with Gasteiger partial charge in [-0.15, -0.1) is 0 Å². The summed E-state index contributed by atoms with van der Waals surface area (Å²) in [6.45, 7) is 3.06. The molecule has 0 saturated heterocycles. The molecule has 0 bridgehead atoms. The van der Waals surface area contributed by atoms with Crippen molar-refractivity contribution in [2.24, 2.45) is 0 Å². The van der Waals surface area contributed by atoms with E-state index in [9.17, 15) is 18.0 Å². The molecule has 1 aromatic rings. The lowest BCUT2D eigenvalue weighted by molar-refractivity contribution is -0.157. The lowest BCUT2D eigenvalue weighted by atomic mass is 10.1. The topological polar surface area (TPSA) is 63.3 Å². The zero-order valence-electron chi connectivity index (χ0n) is 7.92. The monoisotopic (exact) mass is 223 g/mol. The van der Waals surface area contributed by atoms with E-state index in [4.69, 9.17) is 5.11 Å². The third-order valence-corrected chi connectivity index (χ3v) is 1.64. The molecule has 0 aromatic carbocycles. The zero-order chi connectivity index (χ0) is 11.8. The van der Waals surface area contributed by atoms with Crippen molar-refractivity contribution in [3.8, 4) is 0 Å². The van der Waals surface area contributed by atoms with Gasteiger partial charge in [0.2, 0.25) is 5.76 Å². The Labute approximate surface area is 82.7 Å². The summed E-state index contributed by atoms with van der Waals surface area (Å²) >= 11 is 0. The molecule has 1 heterocycles. The van der Waals surface area contributed by atoms with Crippen molar-refractivity contribution in [3.63, 3.8) is 0 Å². The fraction of sp³-hybridized carbons (Fsp3) is 0.500. The first kappa shape index (κ1) is 11.5. The van der Waals surface area contributed by atoms with Crippen molar-refractivity contribution in [2.75, 3.05) is 0 Å². The number of nitrogens with zero attached hydrogens (tertiary/aromatic N) is 1. The highest BCUT2D eigenvalue weighted by molar-refractivity contribution is 5.85. The third kappa shape index (κ3) is 2.28. The fourth-order valence-electron chi connectivity index (χ4n) is 0.998. The van der Waals surface area contributed by atoms with Gasteiger partial charge in [-0.05, 0) is 5.92 Å². The maximum Gasteiger partial charge on any atom is 0.468 e. The van der Waals surface area contributed by atoms with Gasteiger partial charge in [0.05, 0.1) is 5.69 Å². The molecular formula is C8H8F3NO3. The van der Waals surface area contributed by atoms with Gasteiger partial charge in [-0.1, -0.05) is 13.8 Å². The Kier molecular flexibility index (Phi) is 2.74. The van der Waals surface area contributed by atoms with Crippen LogP contribution in [-0.4, -0.2) is 16.1 Å². The molecule has 0 aliphatic heterocycles. The van der Waals surface area contributed by atoms with E-state index in [1.807, 2.05) is 0 Å². The van der Waals surface area contributed by atoms with Gasteiger partial charge in [-0.3, -0.25) is 0 Å². The Hall–Kier alpha value is -1.53. The lowest BCUT2D eigenvalue weighted by Gasteiger charge is -1.98. The number of aromatic nitrogens is 1. The van der Waals surface area contributed by atoms with Crippen LogP contribution in [0.1, 0.15) is 41.9 Å². The average Bonchev–Trinajstić information content (AvgIpc) is 2.45. The molecule has 4 nitrogen and oxygen atoms in total. The molecule has 1 rings (SSSR count). The van der Waals surface area contributed by atoms with Crippen LogP contribution in [0.3, 0.4) is 0 Å². The molecule has 0 aliphatic rings. The summed E-state index contributed by atoms with van der Waals surface area (Å²) < 4.78 is 40.6. The first-order chi connectivity index (χ1) is 6.73. The summed E-state index contributed by atoms with van der Waals surface area (Å²) in [7, 11) is 0. The number of carboxylic acid groups (broad SMARTS) is 1. The van der Waals surface area contributed by atoms with Crippen molar-refractivity contribution in [1.29, 1.82) is 0 Å². The van der Waals surface area contributed by atoms with E-state index in [0.717, 1.165) is 0 Å². The maximum atomic E-state index is 12.2. The largest absolute Gasteiger partial charge is 0.475 e. The number of halogens is 3. The average molecular weight is 223 g/mol. The summed E-state index contributed by atoms with van der Waals surface area (Å²) in [6.07, 6.45) is -4.77. The molecule has 0 saturated carbocycles. The van der Waals surface area contributed by atoms with Crippen LogP contribution in [-0.2, 0) is 6.18 Å². The van der Waals surface area contributed by atoms with Crippen molar-refractivity contribution >= 4 is 5.97 Å². The summed E-state index contributed by atoms with van der Waals surface area (Å²) in [5.74, 6) is -4.28. The Balaban J connectivity index is 3.28. The smallest absolute Gasteiger partial charge is 0.468 e. The molecule has 0 spiro atoms. The van der Waals surface area contributed by atoms with Gasteiger partial charge in [-0.25, -0.2) is 9.78 Å². The van der Waals surface area contributed by atoms with Gasteiger partial charge >= 0.3 is 18.0 Å². The van der Waals surface area contributed by atoms with E-state index in [0.29, 0.717) is 0 Å². The number of alkyl halides is 3. The maximum absolute atomic E-state index is 12.2. The Bertz CT molecular complexity index is 381. The highest BCUT2D eigenvalue weighted by Gasteiger charge is 2.39. The lowest BCUT2D eigenvalue weighted by Crippen LogP contribution is -2.05. The van der Waals surface area contributed by atoms with Crippen LogP contribution in [0.2, 0.25) is 0 Å². The first-order valence-corrected chi connectivity index (χ1v) is 4.04. The second-order valence-corrected chi connectivity index (χ2v) is 3.19. The van der Waals surface area contributed by atoms with Gasteiger partial charge in [0.1, 0.15) is 0 Å². The molecule has 0 amide bonds. The minimum absolute atomic E-state index is 0.199. The Morgan fingerprint density at radius 1 is 1.47 bits per heavy atom. The molecule has 84 valence electrons. The van der Waals surface area contributed by atoms with Gasteiger partial charge in [0, 0.05) is 0 Å². The van der Waals surface area contributed by atoms with Crippen LogP contribution in [0.4, 0.5) is 13.2 Å². The van der Waals surface area contributed by atoms with E-state index in [1.165, 1.54) is 13.8 Å². The van der Waals surface area contributed by atoms with E-state index >= 15 is 0 Å². The highest BCUT2D eigenvalue weighted by Crippen LogP contribution is 2.31. The predicted octanol–water partition coefficient (Wildman–Crippen LogP) is 2.51. The summed E-state index contributed by atoms with van der Waals surface area (Å²) in [5, 5.41) is 8.59. The molecule has 0 aliphatic carbocycles. The summed E-state index contributed by atoms with van der Waals surface area (Å²) in [5.41, 5.74) is -0.199. The minimum Gasteiger partial charge on any atom is -0.475 e. The zero-order valence-corrected chi connectivity index (χ0v) is 7.92. The van der Waals surface area contributed by atoms with E-state index in [2.05, 4.69) is 9.40 Å². The number of hydrogen-bond acceptors (Lipinski definition) is 3. The number of rotatable bonds is 2. The van der Waals surface area contributed by atoms with Crippen LogP contribution in [0.25, 0.3) is 0 Å². The molecular weight excluding hydrogens is 215 g/mol. The molecule has 1 aromatic heterocycles. The number of hydrogen-bond donors (Lipinski definition) is 1. The first-order valence-electron chi connectivity index (χ1n) is 4.04. The van der Waals surface area contributed by atoms with Crippen molar-refractivity contribution in [1.82, 2.24) is 4.98 Å². The van der Waals surface area contributed by atoms with Crippen molar-refractivity contribution in [3.05, 3.63) is 17.3 Å². The molecule has 1 N–H and O–H groups in total. The van der Waals surface area contributed by atoms with Crippen LogP contribution < -0.4 is 0 Å². The normalized spacial score (nSPS) is 12.1. The standard InChI is InChI=1S/C8H8F3NO3/c1-3(2)4-5(6(13)14)15-7(12-4)8(9,10)11/h3H,1-2H3,(H,13,14). The minimum atomic E-state index is -4.77. The molecule has 0 fully saturated rings. The van der Waals surface area contributed by atoms with Crippen molar-refractivity contribution in [2.45, 2.75) is 25.9 Å². The van der Waals surface area contributed by atoms with Crippen LogP contribution >= 0.6 is 0 Å². The molecule has 7 heteroatoms. The third-order valence-electron chi connectivity index (χ3n) is 1.64. The van der Waals surface area contributed by atoms with E-state index < -0.39 is 29.7 Å². The second kappa shape index (κ2) is 3.56.